The van der Waals surface area contributed by atoms with Crippen molar-refractivity contribution in [3.05, 3.63) is 114 Å². The molecule has 0 radical (unpaired) electrons. The Balaban J connectivity index is 1.53. The first-order valence-corrected chi connectivity index (χ1v) is 9.54. The molecule has 4 aromatic carbocycles. The van der Waals surface area contributed by atoms with E-state index in [1.165, 1.54) is 6.07 Å². The molecule has 0 saturated heterocycles. The van der Waals surface area contributed by atoms with Gasteiger partial charge in [0.15, 0.2) is 11.6 Å². The molecule has 0 atom stereocenters. The van der Waals surface area contributed by atoms with Crippen LogP contribution in [0.25, 0.3) is 22.3 Å². The molecule has 0 aliphatic rings. The summed E-state index contributed by atoms with van der Waals surface area (Å²) in [6, 6.07) is 23.6. The van der Waals surface area contributed by atoms with Crippen LogP contribution in [0.15, 0.2) is 84.9 Å². The fourth-order valence-corrected chi connectivity index (χ4v) is 3.27. The van der Waals surface area contributed by atoms with Gasteiger partial charge in [0, 0.05) is 16.7 Å². The molecule has 0 amide bonds. The lowest BCUT2D eigenvalue weighted by molar-refractivity contribution is 0.300. The minimum Gasteiger partial charge on any atom is -0.489 e. The molecule has 0 fully saturated rings. The number of benzene rings is 4. The summed E-state index contributed by atoms with van der Waals surface area (Å²) >= 11 is 0. The zero-order chi connectivity index (χ0) is 21.1. The predicted molar refractivity (Wildman–Crippen MR) is 113 cm³/mol. The van der Waals surface area contributed by atoms with Crippen LogP contribution in [0.3, 0.4) is 0 Å². The van der Waals surface area contributed by atoms with Gasteiger partial charge in [0.25, 0.3) is 0 Å². The summed E-state index contributed by atoms with van der Waals surface area (Å²) in [4.78, 5) is 0. The lowest BCUT2D eigenvalue weighted by Gasteiger charge is -2.11. The quantitative estimate of drug-likeness (QED) is 0.338. The van der Waals surface area contributed by atoms with Gasteiger partial charge in [-0.1, -0.05) is 66.7 Å². The standard InChI is InChI=1S/C26H19F3O/c1-17-7-8-20(24(27)15-17)16-30-21-11-9-19(10-12-21)23-14-13-22(25(28)26(23)29)18-5-3-2-4-6-18/h2-15H,16H2,1H3. The molecule has 4 rings (SSSR count). The molecule has 0 N–H and O–H groups in total. The van der Waals surface area contributed by atoms with Gasteiger partial charge in [-0.3, -0.25) is 0 Å². The molecule has 0 saturated carbocycles. The van der Waals surface area contributed by atoms with E-state index in [0.717, 1.165) is 5.56 Å². The Morgan fingerprint density at radius 1 is 0.667 bits per heavy atom. The van der Waals surface area contributed by atoms with E-state index in [2.05, 4.69) is 0 Å². The van der Waals surface area contributed by atoms with Crippen LogP contribution in [0, 0.1) is 24.4 Å². The Morgan fingerprint density at radius 2 is 1.27 bits per heavy atom. The lowest BCUT2D eigenvalue weighted by atomic mass is 9.99. The highest BCUT2D eigenvalue weighted by Crippen LogP contribution is 2.32. The number of hydrogen-bond donors (Lipinski definition) is 0. The Hall–Kier alpha value is -3.53. The van der Waals surface area contributed by atoms with Crippen LogP contribution in [0.2, 0.25) is 0 Å². The van der Waals surface area contributed by atoms with Gasteiger partial charge in [0.1, 0.15) is 18.2 Å². The predicted octanol–water partition coefficient (Wildman–Crippen LogP) is 7.33. The van der Waals surface area contributed by atoms with Crippen LogP contribution < -0.4 is 4.74 Å². The zero-order valence-electron chi connectivity index (χ0n) is 16.3. The Kier molecular flexibility index (Phi) is 5.57. The van der Waals surface area contributed by atoms with Crippen molar-refractivity contribution in [3.63, 3.8) is 0 Å². The van der Waals surface area contributed by atoms with Crippen molar-refractivity contribution in [3.8, 4) is 28.0 Å². The second-order valence-corrected chi connectivity index (χ2v) is 7.06. The van der Waals surface area contributed by atoms with Crippen molar-refractivity contribution in [2.75, 3.05) is 0 Å². The molecule has 0 unspecified atom stereocenters. The molecule has 4 heteroatoms. The maximum absolute atomic E-state index is 14.7. The van der Waals surface area contributed by atoms with Crippen LogP contribution in [-0.2, 0) is 6.61 Å². The lowest BCUT2D eigenvalue weighted by Crippen LogP contribution is -1.99. The Labute approximate surface area is 173 Å². The molecule has 150 valence electrons. The van der Waals surface area contributed by atoms with Gasteiger partial charge >= 0.3 is 0 Å². The third kappa shape index (κ3) is 4.08. The molecule has 1 nitrogen and oxygen atoms in total. The van der Waals surface area contributed by atoms with E-state index in [4.69, 9.17) is 4.74 Å². The van der Waals surface area contributed by atoms with Crippen molar-refractivity contribution in [1.82, 2.24) is 0 Å². The van der Waals surface area contributed by atoms with E-state index in [1.54, 1.807) is 66.7 Å². The van der Waals surface area contributed by atoms with Crippen LogP contribution >= 0.6 is 0 Å². The zero-order valence-corrected chi connectivity index (χ0v) is 16.3. The molecule has 4 aromatic rings. The summed E-state index contributed by atoms with van der Waals surface area (Å²) in [6.45, 7) is 1.90. The molecular formula is C26H19F3O. The molecule has 30 heavy (non-hydrogen) atoms. The third-order valence-electron chi connectivity index (χ3n) is 4.94. The Bertz CT molecular complexity index is 1170. The highest BCUT2D eigenvalue weighted by Gasteiger charge is 2.16. The van der Waals surface area contributed by atoms with Crippen molar-refractivity contribution < 1.29 is 17.9 Å². The SMILES string of the molecule is Cc1ccc(COc2ccc(-c3ccc(-c4ccccc4)c(F)c3F)cc2)c(F)c1. The van der Waals surface area contributed by atoms with E-state index >= 15 is 0 Å². The second kappa shape index (κ2) is 8.46. The monoisotopic (exact) mass is 404 g/mol. The average Bonchev–Trinajstić information content (AvgIpc) is 2.76. The molecule has 0 spiro atoms. The normalized spacial score (nSPS) is 10.8. The van der Waals surface area contributed by atoms with Gasteiger partial charge < -0.3 is 4.74 Å². The number of halogens is 3. The summed E-state index contributed by atoms with van der Waals surface area (Å²) < 4.78 is 48.9. The summed E-state index contributed by atoms with van der Waals surface area (Å²) in [5.74, 6) is -1.58. The summed E-state index contributed by atoms with van der Waals surface area (Å²) in [5.41, 5.74) is 2.83. The largest absolute Gasteiger partial charge is 0.489 e. The first-order chi connectivity index (χ1) is 14.5. The van der Waals surface area contributed by atoms with E-state index in [9.17, 15) is 13.2 Å². The van der Waals surface area contributed by atoms with E-state index in [-0.39, 0.29) is 23.6 Å². The minimum atomic E-state index is -0.897. The second-order valence-electron chi connectivity index (χ2n) is 7.06. The highest BCUT2D eigenvalue weighted by atomic mass is 19.2. The summed E-state index contributed by atoms with van der Waals surface area (Å²) in [5, 5.41) is 0. The molecule has 0 aromatic heterocycles. The molecule has 0 bridgehead atoms. The van der Waals surface area contributed by atoms with E-state index in [1.807, 2.05) is 19.1 Å². The fourth-order valence-electron chi connectivity index (χ4n) is 3.27. The van der Waals surface area contributed by atoms with Gasteiger partial charge in [-0.15, -0.1) is 0 Å². The summed E-state index contributed by atoms with van der Waals surface area (Å²) in [6.07, 6.45) is 0. The van der Waals surface area contributed by atoms with E-state index in [0.29, 0.717) is 22.4 Å². The van der Waals surface area contributed by atoms with Crippen LogP contribution in [0.1, 0.15) is 11.1 Å². The van der Waals surface area contributed by atoms with E-state index < -0.39 is 11.6 Å². The smallest absolute Gasteiger partial charge is 0.167 e. The minimum absolute atomic E-state index is 0.0836. The maximum Gasteiger partial charge on any atom is 0.167 e. The average molecular weight is 404 g/mol. The van der Waals surface area contributed by atoms with Gasteiger partial charge in [-0.25, -0.2) is 13.2 Å². The van der Waals surface area contributed by atoms with Crippen molar-refractivity contribution in [1.29, 1.82) is 0 Å². The van der Waals surface area contributed by atoms with Crippen LogP contribution in [-0.4, -0.2) is 0 Å². The number of hydrogen-bond acceptors (Lipinski definition) is 1. The first-order valence-electron chi connectivity index (χ1n) is 9.54. The van der Waals surface area contributed by atoms with Crippen LogP contribution in [0.5, 0.6) is 5.75 Å². The molecular weight excluding hydrogens is 385 g/mol. The van der Waals surface area contributed by atoms with Crippen molar-refractivity contribution in [2.24, 2.45) is 0 Å². The van der Waals surface area contributed by atoms with Crippen LogP contribution in [0.4, 0.5) is 13.2 Å². The third-order valence-corrected chi connectivity index (χ3v) is 4.94. The number of ether oxygens (including phenoxy) is 1. The van der Waals surface area contributed by atoms with Crippen molar-refractivity contribution >= 4 is 0 Å². The molecule has 0 aliphatic carbocycles. The van der Waals surface area contributed by atoms with Crippen molar-refractivity contribution in [2.45, 2.75) is 13.5 Å². The fraction of sp³-hybridized carbons (Fsp3) is 0.0769. The first kappa shape index (κ1) is 19.8. The van der Waals surface area contributed by atoms with Gasteiger partial charge in [0.05, 0.1) is 0 Å². The van der Waals surface area contributed by atoms with Gasteiger partial charge in [-0.2, -0.15) is 0 Å². The molecule has 0 heterocycles. The maximum atomic E-state index is 14.7. The topological polar surface area (TPSA) is 9.23 Å². The van der Waals surface area contributed by atoms with Gasteiger partial charge in [-0.05, 0) is 41.8 Å². The summed E-state index contributed by atoms with van der Waals surface area (Å²) in [7, 11) is 0. The number of rotatable bonds is 5. The number of aryl methyl sites for hydroxylation is 1. The van der Waals surface area contributed by atoms with Gasteiger partial charge in [0.2, 0.25) is 0 Å². The molecule has 0 aliphatic heterocycles. The highest BCUT2D eigenvalue weighted by molar-refractivity contribution is 5.72. The Morgan fingerprint density at radius 3 is 1.87 bits per heavy atom.